The van der Waals surface area contributed by atoms with Crippen molar-refractivity contribution in [2.75, 3.05) is 6.61 Å². The van der Waals surface area contributed by atoms with Crippen LogP contribution in [-0.4, -0.2) is 18.8 Å². The normalized spacial score (nSPS) is 32.8. The first-order valence-corrected chi connectivity index (χ1v) is 4.00. The molecule has 0 N–H and O–H groups in total. The summed E-state index contributed by atoms with van der Waals surface area (Å²) in [6, 6.07) is 0. The van der Waals surface area contributed by atoms with E-state index in [1.54, 1.807) is 6.92 Å². The van der Waals surface area contributed by atoms with E-state index in [1.807, 2.05) is 6.92 Å². The van der Waals surface area contributed by atoms with Crippen molar-refractivity contribution in [2.45, 2.75) is 26.4 Å². The second kappa shape index (κ2) is 2.89. The largest absolute Gasteiger partial charge is 0.456 e. The van der Waals surface area contributed by atoms with Crippen LogP contribution < -0.4 is 0 Å². The standard InChI is InChI=1S/C8H11F3O2/c1-5-3-7(5,2)6(12)13-4-8(9,10)11/h5H,3-4H2,1-2H3. The van der Waals surface area contributed by atoms with Gasteiger partial charge in [0.2, 0.25) is 0 Å². The molecule has 1 fully saturated rings. The minimum Gasteiger partial charge on any atom is -0.456 e. The van der Waals surface area contributed by atoms with Crippen molar-refractivity contribution >= 4 is 5.97 Å². The minimum atomic E-state index is -4.43. The highest BCUT2D eigenvalue weighted by molar-refractivity contribution is 5.80. The molecule has 2 atom stereocenters. The molecule has 0 aromatic heterocycles. The maximum atomic E-state index is 11.6. The number of hydrogen-bond donors (Lipinski definition) is 0. The van der Waals surface area contributed by atoms with Crippen LogP contribution in [0.3, 0.4) is 0 Å². The second-order valence-corrected chi connectivity index (χ2v) is 3.71. The third-order valence-electron chi connectivity index (χ3n) is 2.49. The predicted molar refractivity (Wildman–Crippen MR) is 38.9 cm³/mol. The zero-order valence-corrected chi connectivity index (χ0v) is 7.44. The van der Waals surface area contributed by atoms with Gasteiger partial charge in [0, 0.05) is 0 Å². The van der Waals surface area contributed by atoms with Gasteiger partial charge in [-0.25, -0.2) is 0 Å². The zero-order valence-electron chi connectivity index (χ0n) is 7.44. The van der Waals surface area contributed by atoms with Crippen molar-refractivity contribution in [1.82, 2.24) is 0 Å². The molecule has 1 saturated carbocycles. The van der Waals surface area contributed by atoms with E-state index >= 15 is 0 Å². The predicted octanol–water partition coefficient (Wildman–Crippen LogP) is 2.14. The second-order valence-electron chi connectivity index (χ2n) is 3.71. The molecule has 1 aliphatic rings. The number of carbonyl (C=O) groups excluding carboxylic acids is 1. The van der Waals surface area contributed by atoms with E-state index in [0.717, 1.165) is 0 Å². The molecule has 13 heavy (non-hydrogen) atoms. The summed E-state index contributed by atoms with van der Waals surface area (Å²) in [5.41, 5.74) is -0.675. The van der Waals surface area contributed by atoms with Gasteiger partial charge in [-0.1, -0.05) is 6.92 Å². The van der Waals surface area contributed by atoms with Gasteiger partial charge in [-0.3, -0.25) is 4.79 Å². The third kappa shape index (κ3) is 2.35. The van der Waals surface area contributed by atoms with Gasteiger partial charge < -0.3 is 4.74 Å². The Labute approximate surface area is 74.1 Å². The molecular weight excluding hydrogens is 185 g/mol. The smallest absolute Gasteiger partial charge is 0.422 e. The molecule has 1 rings (SSSR count). The molecule has 2 nitrogen and oxygen atoms in total. The van der Waals surface area contributed by atoms with E-state index in [4.69, 9.17) is 0 Å². The summed E-state index contributed by atoms with van der Waals surface area (Å²) in [6.07, 6.45) is -3.81. The van der Waals surface area contributed by atoms with E-state index < -0.39 is 24.2 Å². The molecule has 0 saturated heterocycles. The molecule has 0 spiro atoms. The Morgan fingerprint density at radius 3 is 2.38 bits per heavy atom. The van der Waals surface area contributed by atoms with Crippen LogP contribution in [0.1, 0.15) is 20.3 Å². The van der Waals surface area contributed by atoms with Gasteiger partial charge in [0.15, 0.2) is 6.61 Å². The van der Waals surface area contributed by atoms with Crippen LogP contribution in [0.15, 0.2) is 0 Å². The molecule has 5 heteroatoms. The van der Waals surface area contributed by atoms with Crippen molar-refractivity contribution in [3.05, 3.63) is 0 Å². The van der Waals surface area contributed by atoms with Gasteiger partial charge >= 0.3 is 12.1 Å². The summed E-state index contributed by atoms with van der Waals surface area (Å²) in [5, 5.41) is 0. The molecular formula is C8H11F3O2. The van der Waals surface area contributed by atoms with E-state index in [0.29, 0.717) is 6.42 Å². The van der Waals surface area contributed by atoms with Crippen LogP contribution in [0.4, 0.5) is 13.2 Å². The van der Waals surface area contributed by atoms with Crippen LogP contribution >= 0.6 is 0 Å². The molecule has 2 unspecified atom stereocenters. The molecule has 76 valence electrons. The average Bonchev–Trinajstić information content (AvgIpc) is 2.55. The monoisotopic (exact) mass is 196 g/mol. The summed E-state index contributed by atoms with van der Waals surface area (Å²) in [6.45, 7) is 1.96. The number of rotatable bonds is 2. The van der Waals surface area contributed by atoms with Crippen molar-refractivity contribution in [3.8, 4) is 0 Å². The summed E-state index contributed by atoms with van der Waals surface area (Å²) in [5.74, 6) is -0.606. The van der Waals surface area contributed by atoms with E-state index in [1.165, 1.54) is 0 Å². The maximum Gasteiger partial charge on any atom is 0.422 e. The van der Waals surface area contributed by atoms with Crippen LogP contribution in [0, 0.1) is 11.3 Å². The molecule has 0 aromatic rings. The Morgan fingerprint density at radius 2 is 2.08 bits per heavy atom. The molecule has 0 heterocycles. The van der Waals surface area contributed by atoms with Gasteiger partial charge in [0.05, 0.1) is 5.41 Å². The topological polar surface area (TPSA) is 26.3 Å². The fourth-order valence-corrected chi connectivity index (χ4v) is 1.17. The van der Waals surface area contributed by atoms with E-state index in [9.17, 15) is 18.0 Å². The lowest BCUT2D eigenvalue weighted by Gasteiger charge is -2.11. The van der Waals surface area contributed by atoms with Crippen molar-refractivity contribution < 1.29 is 22.7 Å². The first-order valence-electron chi connectivity index (χ1n) is 4.00. The lowest BCUT2D eigenvalue weighted by Crippen LogP contribution is -2.25. The van der Waals surface area contributed by atoms with Crippen LogP contribution in [0.5, 0.6) is 0 Å². The number of carbonyl (C=O) groups is 1. The first kappa shape index (κ1) is 10.3. The van der Waals surface area contributed by atoms with Crippen LogP contribution in [0.25, 0.3) is 0 Å². The van der Waals surface area contributed by atoms with E-state index in [-0.39, 0.29) is 5.92 Å². The summed E-state index contributed by atoms with van der Waals surface area (Å²) >= 11 is 0. The average molecular weight is 196 g/mol. The van der Waals surface area contributed by atoms with Crippen molar-refractivity contribution in [2.24, 2.45) is 11.3 Å². The number of halogens is 3. The Kier molecular flexibility index (Phi) is 2.30. The number of alkyl halides is 3. The van der Waals surface area contributed by atoms with Crippen LogP contribution in [-0.2, 0) is 9.53 Å². The van der Waals surface area contributed by atoms with Crippen molar-refractivity contribution in [3.63, 3.8) is 0 Å². The third-order valence-corrected chi connectivity index (χ3v) is 2.49. The van der Waals surface area contributed by atoms with E-state index in [2.05, 4.69) is 4.74 Å². The van der Waals surface area contributed by atoms with Crippen LogP contribution in [0.2, 0.25) is 0 Å². The minimum absolute atomic E-state index is 0.133. The molecule has 1 aliphatic carbocycles. The lowest BCUT2D eigenvalue weighted by molar-refractivity contribution is -0.190. The van der Waals surface area contributed by atoms with Gasteiger partial charge in [-0.05, 0) is 19.3 Å². The fourth-order valence-electron chi connectivity index (χ4n) is 1.17. The quantitative estimate of drug-likeness (QED) is 0.632. The Morgan fingerprint density at radius 1 is 1.62 bits per heavy atom. The Hall–Kier alpha value is -0.740. The summed E-state index contributed by atoms with van der Waals surface area (Å²) in [7, 11) is 0. The highest BCUT2D eigenvalue weighted by atomic mass is 19.4. The Bertz CT molecular complexity index is 224. The van der Waals surface area contributed by atoms with Gasteiger partial charge in [0.1, 0.15) is 0 Å². The maximum absolute atomic E-state index is 11.6. The number of ether oxygens (including phenoxy) is 1. The Balaban J connectivity index is 2.36. The number of esters is 1. The highest BCUT2D eigenvalue weighted by Gasteiger charge is 2.54. The number of hydrogen-bond acceptors (Lipinski definition) is 2. The van der Waals surface area contributed by atoms with Crippen molar-refractivity contribution in [1.29, 1.82) is 0 Å². The molecule has 0 amide bonds. The fraction of sp³-hybridized carbons (Fsp3) is 0.875. The SMILES string of the molecule is CC1CC1(C)C(=O)OCC(F)(F)F. The first-order chi connectivity index (χ1) is 5.76. The summed E-state index contributed by atoms with van der Waals surface area (Å²) < 4.78 is 39.1. The lowest BCUT2D eigenvalue weighted by atomic mass is 10.1. The molecule has 0 aromatic carbocycles. The highest BCUT2D eigenvalue weighted by Crippen LogP contribution is 2.52. The zero-order chi connectivity index (χ0) is 10.3. The molecule has 0 bridgehead atoms. The van der Waals surface area contributed by atoms with Gasteiger partial charge in [-0.2, -0.15) is 13.2 Å². The summed E-state index contributed by atoms with van der Waals surface area (Å²) in [4.78, 5) is 11.1. The van der Waals surface area contributed by atoms with Gasteiger partial charge in [0.25, 0.3) is 0 Å². The molecule has 0 aliphatic heterocycles. The van der Waals surface area contributed by atoms with Gasteiger partial charge in [-0.15, -0.1) is 0 Å². The molecule has 0 radical (unpaired) electrons.